The van der Waals surface area contributed by atoms with Gasteiger partial charge in [0, 0.05) is 38.3 Å². The molecular formula is C13H17F2N3O2S. The number of rotatable bonds is 3. The largest absolute Gasteiger partial charge is 0.396 e. The van der Waals surface area contributed by atoms with Crippen molar-refractivity contribution in [3.05, 3.63) is 23.8 Å². The second-order valence-electron chi connectivity index (χ2n) is 5.48. The molecule has 21 heavy (non-hydrogen) atoms. The van der Waals surface area contributed by atoms with Crippen molar-refractivity contribution < 1.29 is 17.2 Å². The number of hydrogen-bond donors (Lipinski definition) is 1. The monoisotopic (exact) mass is 317 g/mol. The molecule has 1 aliphatic heterocycles. The van der Waals surface area contributed by atoms with Gasteiger partial charge in [0.2, 0.25) is 10.0 Å². The molecule has 0 aromatic heterocycles. The van der Waals surface area contributed by atoms with E-state index in [1.165, 1.54) is 4.31 Å². The van der Waals surface area contributed by atoms with Crippen LogP contribution < -0.4 is 5.73 Å². The summed E-state index contributed by atoms with van der Waals surface area (Å²) in [5.41, 5.74) is 4.98. The minimum atomic E-state index is -3.98. The molecule has 1 saturated carbocycles. The molecule has 0 bridgehead atoms. The lowest BCUT2D eigenvalue weighted by molar-refractivity contribution is 0.180. The smallest absolute Gasteiger partial charge is 0.246 e. The lowest BCUT2D eigenvalue weighted by Crippen LogP contribution is -2.49. The van der Waals surface area contributed by atoms with Gasteiger partial charge in [-0.05, 0) is 18.9 Å². The molecule has 0 radical (unpaired) electrons. The van der Waals surface area contributed by atoms with E-state index in [0.29, 0.717) is 38.3 Å². The van der Waals surface area contributed by atoms with Crippen molar-refractivity contribution >= 4 is 15.7 Å². The minimum Gasteiger partial charge on any atom is -0.396 e. The summed E-state index contributed by atoms with van der Waals surface area (Å²) >= 11 is 0. The van der Waals surface area contributed by atoms with Gasteiger partial charge in [-0.15, -0.1) is 0 Å². The van der Waals surface area contributed by atoms with Crippen LogP contribution in [0, 0.1) is 11.6 Å². The van der Waals surface area contributed by atoms with Crippen LogP contribution in [0.2, 0.25) is 0 Å². The zero-order valence-electron chi connectivity index (χ0n) is 11.4. The first-order valence-electron chi connectivity index (χ1n) is 6.88. The van der Waals surface area contributed by atoms with E-state index in [4.69, 9.17) is 5.73 Å². The molecule has 0 atom stereocenters. The third-order valence-electron chi connectivity index (χ3n) is 4.01. The fourth-order valence-corrected chi connectivity index (χ4v) is 4.13. The Morgan fingerprint density at radius 2 is 1.67 bits per heavy atom. The number of nitrogens with zero attached hydrogens (tertiary/aromatic N) is 2. The first kappa shape index (κ1) is 14.7. The molecule has 0 spiro atoms. The summed E-state index contributed by atoms with van der Waals surface area (Å²) in [6.45, 7) is 1.91. The van der Waals surface area contributed by atoms with Gasteiger partial charge in [0.05, 0.1) is 5.69 Å². The molecule has 3 rings (SSSR count). The van der Waals surface area contributed by atoms with Gasteiger partial charge in [-0.2, -0.15) is 4.31 Å². The Bertz CT molecular complexity index is 654. The summed E-state index contributed by atoms with van der Waals surface area (Å²) < 4.78 is 53.1. The van der Waals surface area contributed by atoms with Crippen LogP contribution in [0.5, 0.6) is 0 Å². The SMILES string of the molecule is Nc1cc(S(=O)(=O)N2CCN(C3CC3)CC2)c(F)cc1F. The predicted molar refractivity (Wildman–Crippen MR) is 74.1 cm³/mol. The molecule has 1 heterocycles. The van der Waals surface area contributed by atoms with E-state index < -0.39 is 26.6 Å². The number of nitrogens with two attached hydrogens (primary N) is 1. The van der Waals surface area contributed by atoms with Crippen molar-refractivity contribution in [2.75, 3.05) is 31.9 Å². The summed E-state index contributed by atoms with van der Waals surface area (Å²) in [7, 11) is -3.98. The number of nitrogen functional groups attached to an aromatic ring is 1. The standard InChI is InChI=1S/C13H17F2N3O2S/c14-10-7-11(15)13(8-12(10)16)21(19,20)18-5-3-17(4-6-18)9-1-2-9/h7-9H,1-6,16H2. The molecule has 0 unspecified atom stereocenters. The Kier molecular flexibility index (Phi) is 3.62. The number of sulfonamides is 1. The first-order valence-corrected chi connectivity index (χ1v) is 8.32. The van der Waals surface area contributed by atoms with Crippen molar-refractivity contribution in [3.8, 4) is 0 Å². The summed E-state index contributed by atoms with van der Waals surface area (Å²) in [6.07, 6.45) is 2.33. The molecule has 5 nitrogen and oxygen atoms in total. The molecule has 2 aliphatic rings. The van der Waals surface area contributed by atoms with Gasteiger partial charge in [-0.3, -0.25) is 4.90 Å². The van der Waals surface area contributed by atoms with E-state index in [-0.39, 0.29) is 5.69 Å². The van der Waals surface area contributed by atoms with Crippen LogP contribution in [0.25, 0.3) is 0 Å². The highest BCUT2D eigenvalue weighted by molar-refractivity contribution is 7.89. The van der Waals surface area contributed by atoms with Crippen LogP contribution in [0.15, 0.2) is 17.0 Å². The highest BCUT2D eigenvalue weighted by Crippen LogP contribution is 2.29. The van der Waals surface area contributed by atoms with E-state index in [1.54, 1.807) is 0 Å². The van der Waals surface area contributed by atoms with E-state index in [2.05, 4.69) is 4.90 Å². The first-order chi connectivity index (χ1) is 9.89. The molecule has 1 aromatic carbocycles. The van der Waals surface area contributed by atoms with Crippen LogP contribution in [0.3, 0.4) is 0 Å². The highest BCUT2D eigenvalue weighted by Gasteiger charge is 2.36. The zero-order chi connectivity index (χ0) is 15.2. The van der Waals surface area contributed by atoms with Crippen LogP contribution >= 0.6 is 0 Å². The Hall–Kier alpha value is -1.25. The van der Waals surface area contributed by atoms with Gasteiger partial charge in [-0.25, -0.2) is 17.2 Å². The van der Waals surface area contributed by atoms with Crippen LogP contribution in [0.1, 0.15) is 12.8 Å². The third kappa shape index (κ3) is 2.75. The van der Waals surface area contributed by atoms with E-state index >= 15 is 0 Å². The highest BCUT2D eigenvalue weighted by atomic mass is 32.2. The average Bonchev–Trinajstić information content (AvgIpc) is 3.27. The Morgan fingerprint density at radius 3 is 2.24 bits per heavy atom. The maximum Gasteiger partial charge on any atom is 0.246 e. The van der Waals surface area contributed by atoms with Gasteiger partial charge >= 0.3 is 0 Å². The molecule has 116 valence electrons. The Balaban J connectivity index is 1.82. The number of anilines is 1. The molecule has 0 amide bonds. The third-order valence-corrected chi connectivity index (χ3v) is 5.92. The molecule has 1 saturated heterocycles. The van der Waals surface area contributed by atoms with Crippen molar-refractivity contribution in [3.63, 3.8) is 0 Å². The van der Waals surface area contributed by atoms with Gasteiger partial charge in [0.15, 0.2) is 0 Å². The molecule has 8 heteroatoms. The normalized spacial score (nSPS) is 21.6. The maximum absolute atomic E-state index is 13.8. The Morgan fingerprint density at radius 1 is 1.05 bits per heavy atom. The van der Waals surface area contributed by atoms with E-state index in [9.17, 15) is 17.2 Å². The Labute approximate surface area is 122 Å². The number of halogens is 2. The van der Waals surface area contributed by atoms with Crippen LogP contribution in [0.4, 0.5) is 14.5 Å². The number of hydrogen-bond acceptors (Lipinski definition) is 4. The van der Waals surface area contributed by atoms with E-state index in [1.807, 2.05) is 0 Å². The van der Waals surface area contributed by atoms with Gasteiger partial charge in [0.25, 0.3) is 0 Å². The van der Waals surface area contributed by atoms with Crippen LogP contribution in [-0.2, 0) is 10.0 Å². The maximum atomic E-state index is 13.8. The average molecular weight is 317 g/mol. The summed E-state index contributed by atoms with van der Waals surface area (Å²) in [5.74, 6) is -2.06. The predicted octanol–water partition coefficient (Wildman–Crippen LogP) is 1.02. The molecule has 1 aliphatic carbocycles. The van der Waals surface area contributed by atoms with Crippen molar-refractivity contribution in [2.24, 2.45) is 0 Å². The van der Waals surface area contributed by atoms with Crippen LogP contribution in [-0.4, -0.2) is 49.8 Å². The van der Waals surface area contributed by atoms with Gasteiger partial charge in [0.1, 0.15) is 16.5 Å². The molecular weight excluding hydrogens is 300 g/mol. The van der Waals surface area contributed by atoms with Gasteiger partial charge < -0.3 is 5.73 Å². The number of piperazine rings is 1. The molecule has 2 fully saturated rings. The van der Waals surface area contributed by atoms with Crippen molar-refractivity contribution in [1.82, 2.24) is 9.21 Å². The molecule has 2 N–H and O–H groups in total. The zero-order valence-corrected chi connectivity index (χ0v) is 12.2. The fraction of sp³-hybridized carbons (Fsp3) is 0.538. The van der Waals surface area contributed by atoms with Crippen molar-refractivity contribution in [1.29, 1.82) is 0 Å². The van der Waals surface area contributed by atoms with Crippen molar-refractivity contribution in [2.45, 2.75) is 23.8 Å². The topological polar surface area (TPSA) is 66.6 Å². The van der Waals surface area contributed by atoms with E-state index in [0.717, 1.165) is 18.9 Å². The summed E-state index contributed by atoms with van der Waals surface area (Å²) in [4.78, 5) is 1.70. The fourth-order valence-electron chi connectivity index (χ4n) is 2.63. The van der Waals surface area contributed by atoms with Gasteiger partial charge in [-0.1, -0.05) is 0 Å². The second kappa shape index (κ2) is 5.19. The number of benzene rings is 1. The molecule has 1 aromatic rings. The minimum absolute atomic E-state index is 0.315. The quantitative estimate of drug-likeness (QED) is 0.845. The lowest BCUT2D eigenvalue weighted by atomic mass is 10.3. The summed E-state index contributed by atoms with van der Waals surface area (Å²) in [6, 6.07) is 1.95. The summed E-state index contributed by atoms with van der Waals surface area (Å²) in [5, 5.41) is 0. The lowest BCUT2D eigenvalue weighted by Gasteiger charge is -2.34. The second-order valence-corrected chi connectivity index (χ2v) is 7.38.